The lowest BCUT2D eigenvalue weighted by atomic mass is 10.3. The van der Waals surface area contributed by atoms with E-state index in [9.17, 15) is 0 Å². The second-order valence-electron chi connectivity index (χ2n) is 2.26. The van der Waals surface area contributed by atoms with Gasteiger partial charge in [-0.25, -0.2) is 4.98 Å². The monoisotopic (exact) mass is 188 g/mol. The first-order valence-corrected chi connectivity index (χ1v) is 5.73. The summed E-state index contributed by atoms with van der Waals surface area (Å²) in [6, 6.07) is 0. The lowest BCUT2D eigenvalue weighted by Gasteiger charge is -1.92. The van der Waals surface area contributed by atoms with E-state index in [1.54, 1.807) is 11.3 Å². The number of nitrogen functional groups attached to an aromatic ring is 1. The fraction of sp³-hybridized carbons (Fsp3) is 0.571. The van der Waals surface area contributed by atoms with Gasteiger partial charge in [-0.3, -0.25) is 0 Å². The summed E-state index contributed by atoms with van der Waals surface area (Å²) in [5, 5.41) is 0.684. The normalized spacial score (nSPS) is 10.3. The molecular formula is C7H12N2S2. The average Bonchev–Trinajstić information content (AvgIpc) is 2.37. The Bertz CT molecular complexity index is 210. The quantitative estimate of drug-likeness (QED) is 0.735. The maximum absolute atomic E-state index is 5.49. The molecule has 0 atom stereocenters. The van der Waals surface area contributed by atoms with Gasteiger partial charge >= 0.3 is 0 Å². The Morgan fingerprint density at radius 2 is 2.55 bits per heavy atom. The summed E-state index contributed by atoms with van der Waals surface area (Å²) in [6.07, 6.45) is 6.35. The highest BCUT2D eigenvalue weighted by atomic mass is 32.2. The summed E-state index contributed by atoms with van der Waals surface area (Å²) in [6.45, 7) is 0. The minimum absolute atomic E-state index is 0.684. The van der Waals surface area contributed by atoms with E-state index < -0.39 is 0 Å². The predicted octanol–water partition coefficient (Wildman–Crippen LogP) is 2.02. The van der Waals surface area contributed by atoms with Gasteiger partial charge in [0.2, 0.25) is 0 Å². The van der Waals surface area contributed by atoms with Crippen LogP contribution in [0.1, 0.15) is 11.3 Å². The van der Waals surface area contributed by atoms with Gasteiger partial charge in [0.1, 0.15) is 0 Å². The minimum Gasteiger partial charge on any atom is -0.375 e. The first-order chi connectivity index (χ1) is 5.33. The van der Waals surface area contributed by atoms with E-state index >= 15 is 0 Å². The maximum atomic E-state index is 5.49. The zero-order valence-electron chi connectivity index (χ0n) is 6.54. The molecule has 1 aromatic rings. The van der Waals surface area contributed by atoms with Gasteiger partial charge in [0.15, 0.2) is 5.13 Å². The van der Waals surface area contributed by atoms with Gasteiger partial charge in [-0.15, -0.1) is 11.3 Å². The number of rotatable bonds is 4. The second kappa shape index (κ2) is 4.62. The number of anilines is 1. The summed E-state index contributed by atoms with van der Waals surface area (Å²) in [7, 11) is 0. The first kappa shape index (κ1) is 8.87. The Morgan fingerprint density at radius 3 is 3.09 bits per heavy atom. The molecular weight excluding hydrogens is 176 g/mol. The van der Waals surface area contributed by atoms with Crippen molar-refractivity contribution in [2.75, 3.05) is 17.7 Å². The van der Waals surface area contributed by atoms with Crippen molar-refractivity contribution in [2.45, 2.75) is 12.8 Å². The standard InChI is InChI=1S/C7H12N2S2/c1-10-4-2-3-6-5-9-7(8)11-6/h5H,2-4H2,1H3,(H2,8,9). The molecule has 1 rings (SSSR count). The van der Waals surface area contributed by atoms with Crippen LogP contribution in [0, 0.1) is 0 Å². The molecule has 0 saturated heterocycles. The van der Waals surface area contributed by atoms with Gasteiger partial charge < -0.3 is 5.73 Å². The number of nitrogens with zero attached hydrogens (tertiary/aromatic N) is 1. The molecule has 0 aliphatic heterocycles. The van der Waals surface area contributed by atoms with Crippen LogP contribution in [-0.2, 0) is 6.42 Å². The van der Waals surface area contributed by atoms with Gasteiger partial charge in [-0.05, 0) is 24.9 Å². The molecule has 0 saturated carbocycles. The smallest absolute Gasteiger partial charge is 0.180 e. The molecule has 11 heavy (non-hydrogen) atoms. The molecule has 1 aromatic heterocycles. The zero-order valence-corrected chi connectivity index (χ0v) is 8.17. The summed E-state index contributed by atoms with van der Waals surface area (Å²) < 4.78 is 0. The van der Waals surface area contributed by atoms with Crippen molar-refractivity contribution in [3.05, 3.63) is 11.1 Å². The molecule has 4 heteroatoms. The van der Waals surface area contributed by atoms with Crippen LogP contribution in [0.2, 0.25) is 0 Å². The third kappa shape index (κ3) is 3.12. The van der Waals surface area contributed by atoms with Crippen LogP contribution in [0.5, 0.6) is 0 Å². The molecule has 0 aromatic carbocycles. The van der Waals surface area contributed by atoms with Crippen molar-refractivity contribution < 1.29 is 0 Å². The van der Waals surface area contributed by atoms with E-state index in [1.165, 1.54) is 17.1 Å². The Labute approximate surface area is 75.2 Å². The molecule has 0 fully saturated rings. The van der Waals surface area contributed by atoms with Gasteiger partial charge in [-0.2, -0.15) is 11.8 Å². The van der Waals surface area contributed by atoms with E-state index in [0.717, 1.165) is 6.42 Å². The number of aromatic nitrogens is 1. The van der Waals surface area contributed by atoms with Crippen molar-refractivity contribution in [1.82, 2.24) is 4.98 Å². The lowest BCUT2D eigenvalue weighted by molar-refractivity contribution is 0.949. The highest BCUT2D eigenvalue weighted by Gasteiger charge is 1.96. The summed E-state index contributed by atoms with van der Waals surface area (Å²) in [5.41, 5.74) is 5.49. The Kier molecular flexibility index (Phi) is 3.72. The largest absolute Gasteiger partial charge is 0.375 e. The molecule has 1 heterocycles. The van der Waals surface area contributed by atoms with Crippen LogP contribution >= 0.6 is 23.1 Å². The van der Waals surface area contributed by atoms with E-state index in [1.807, 2.05) is 18.0 Å². The number of hydrogen-bond donors (Lipinski definition) is 1. The Morgan fingerprint density at radius 1 is 1.73 bits per heavy atom. The van der Waals surface area contributed by atoms with E-state index in [-0.39, 0.29) is 0 Å². The molecule has 0 aliphatic rings. The van der Waals surface area contributed by atoms with Gasteiger partial charge in [-0.1, -0.05) is 0 Å². The molecule has 0 radical (unpaired) electrons. The first-order valence-electron chi connectivity index (χ1n) is 3.52. The van der Waals surface area contributed by atoms with Crippen LogP contribution in [0.15, 0.2) is 6.20 Å². The lowest BCUT2D eigenvalue weighted by Crippen LogP contribution is -1.82. The molecule has 62 valence electrons. The van der Waals surface area contributed by atoms with E-state index in [0.29, 0.717) is 5.13 Å². The number of thiazole rings is 1. The van der Waals surface area contributed by atoms with Crippen molar-refractivity contribution in [1.29, 1.82) is 0 Å². The van der Waals surface area contributed by atoms with Gasteiger partial charge in [0, 0.05) is 11.1 Å². The van der Waals surface area contributed by atoms with Crippen molar-refractivity contribution >= 4 is 28.2 Å². The van der Waals surface area contributed by atoms with Crippen LogP contribution in [0.25, 0.3) is 0 Å². The number of thioether (sulfide) groups is 1. The number of aryl methyl sites for hydroxylation is 1. The molecule has 0 amide bonds. The van der Waals surface area contributed by atoms with Crippen LogP contribution in [0.3, 0.4) is 0 Å². The van der Waals surface area contributed by atoms with E-state index in [4.69, 9.17) is 5.73 Å². The number of nitrogens with two attached hydrogens (primary N) is 1. The predicted molar refractivity (Wildman–Crippen MR) is 53.2 cm³/mol. The number of hydrogen-bond acceptors (Lipinski definition) is 4. The molecule has 0 bridgehead atoms. The highest BCUT2D eigenvalue weighted by Crippen LogP contribution is 2.16. The zero-order chi connectivity index (χ0) is 8.10. The summed E-state index contributed by atoms with van der Waals surface area (Å²) in [4.78, 5) is 5.29. The van der Waals surface area contributed by atoms with Crippen LogP contribution in [-0.4, -0.2) is 17.0 Å². The molecule has 2 N–H and O–H groups in total. The minimum atomic E-state index is 0.684. The fourth-order valence-electron chi connectivity index (χ4n) is 0.829. The van der Waals surface area contributed by atoms with Crippen molar-refractivity contribution in [3.8, 4) is 0 Å². The summed E-state index contributed by atoms with van der Waals surface area (Å²) in [5.74, 6) is 1.22. The third-order valence-corrected chi connectivity index (χ3v) is 2.93. The Balaban J connectivity index is 2.27. The molecule has 0 unspecified atom stereocenters. The van der Waals surface area contributed by atoms with Gasteiger partial charge in [0.05, 0.1) is 0 Å². The molecule has 0 aliphatic carbocycles. The van der Waals surface area contributed by atoms with Gasteiger partial charge in [0.25, 0.3) is 0 Å². The van der Waals surface area contributed by atoms with Crippen LogP contribution < -0.4 is 5.73 Å². The second-order valence-corrected chi connectivity index (χ2v) is 4.39. The molecule has 0 spiro atoms. The maximum Gasteiger partial charge on any atom is 0.180 e. The van der Waals surface area contributed by atoms with E-state index in [2.05, 4.69) is 11.2 Å². The topological polar surface area (TPSA) is 38.9 Å². The Hall–Kier alpha value is -0.220. The SMILES string of the molecule is CSCCCc1cnc(N)s1. The fourth-order valence-corrected chi connectivity index (χ4v) is 1.99. The summed E-state index contributed by atoms with van der Waals surface area (Å²) >= 11 is 3.48. The highest BCUT2D eigenvalue weighted by molar-refractivity contribution is 7.98. The average molecular weight is 188 g/mol. The van der Waals surface area contributed by atoms with Crippen molar-refractivity contribution in [2.24, 2.45) is 0 Å². The third-order valence-electron chi connectivity index (χ3n) is 1.34. The van der Waals surface area contributed by atoms with Crippen molar-refractivity contribution in [3.63, 3.8) is 0 Å². The molecule has 2 nitrogen and oxygen atoms in total. The van der Waals surface area contributed by atoms with Crippen LogP contribution in [0.4, 0.5) is 5.13 Å².